The second-order valence-electron chi connectivity index (χ2n) is 7.84. The van der Waals surface area contributed by atoms with E-state index in [2.05, 4.69) is 10.0 Å². The third-order valence-corrected chi connectivity index (χ3v) is 7.49. The fraction of sp³-hybridized carbons (Fsp3) is 0.429. The minimum Gasteiger partial charge on any atom is -0.486 e. The number of nitro benzene ring substituents is 1. The van der Waals surface area contributed by atoms with Crippen LogP contribution in [0.3, 0.4) is 0 Å². The zero-order chi connectivity index (χ0) is 22.1. The molecule has 4 rings (SSSR count). The molecular weight excluding hydrogens is 422 g/mol. The molecule has 0 spiro atoms. The standard InChI is InChI=1S/C21H25N3O6S/c1-22-31(27,28)16-5-6-17(18(13-16)24(25)26)23-14-21(8-2-3-9-21)15-4-7-19-20(12-15)30-11-10-29-19/h4-7,12-13,22-23H,2-3,8-11,14H2,1H3. The molecule has 0 amide bonds. The van der Waals surface area contributed by atoms with Crippen molar-refractivity contribution in [3.8, 4) is 11.5 Å². The number of hydrogen-bond donors (Lipinski definition) is 2. The van der Waals surface area contributed by atoms with Gasteiger partial charge in [-0.25, -0.2) is 13.1 Å². The highest BCUT2D eigenvalue weighted by Crippen LogP contribution is 2.44. The van der Waals surface area contributed by atoms with Crippen molar-refractivity contribution in [1.29, 1.82) is 0 Å². The molecule has 10 heteroatoms. The van der Waals surface area contributed by atoms with Crippen LogP contribution in [0.4, 0.5) is 11.4 Å². The number of rotatable bonds is 7. The Hall–Kier alpha value is -2.85. The van der Waals surface area contributed by atoms with E-state index in [1.54, 1.807) is 0 Å². The van der Waals surface area contributed by atoms with Crippen molar-refractivity contribution in [2.24, 2.45) is 0 Å². The summed E-state index contributed by atoms with van der Waals surface area (Å²) < 4.78 is 37.6. The fourth-order valence-corrected chi connectivity index (χ4v) is 5.10. The molecule has 1 aliphatic carbocycles. The summed E-state index contributed by atoms with van der Waals surface area (Å²) in [6, 6.07) is 9.88. The van der Waals surface area contributed by atoms with Gasteiger partial charge in [-0.15, -0.1) is 0 Å². The Morgan fingerprint density at radius 2 is 1.77 bits per heavy atom. The molecule has 0 bridgehead atoms. The summed E-state index contributed by atoms with van der Waals surface area (Å²) in [6.45, 7) is 1.53. The Morgan fingerprint density at radius 3 is 2.45 bits per heavy atom. The Labute approximate surface area is 181 Å². The van der Waals surface area contributed by atoms with Gasteiger partial charge in [0.15, 0.2) is 11.5 Å². The first-order valence-corrected chi connectivity index (χ1v) is 11.7. The second kappa shape index (κ2) is 8.35. The predicted molar refractivity (Wildman–Crippen MR) is 115 cm³/mol. The van der Waals surface area contributed by atoms with Gasteiger partial charge in [-0.05, 0) is 49.7 Å². The summed E-state index contributed by atoms with van der Waals surface area (Å²) in [6.07, 6.45) is 4.02. The van der Waals surface area contributed by atoms with Crippen LogP contribution in [0.1, 0.15) is 31.2 Å². The van der Waals surface area contributed by atoms with Crippen LogP contribution < -0.4 is 19.5 Å². The number of fused-ring (bicyclic) bond motifs is 1. The zero-order valence-electron chi connectivity index (χ0n) is 17.2. The van der Waals surface area contributed by atoms with Crippen molar-refractivity contribution in [2.45, 2.75) is 36.0 Å². The number of sulfonamides is 1. The van der Waals surface area contributed by atoms with Gasteiger partial charge in [-0.1, -0.05) is 18.9 Å². The molecule has 31 heavy (non-hydrogen) atoms. The Bertz CT molecular complexity index is 1100. The van der Waals surface area contributed by atoms with E-state index in [1.165, 1.54) is 19.2 Å². The minimum absolute atomic E-state index is 0.144. The molecule has 1 saturated carbocycles. The number of nitro groups is 1. The molecule has 0 atom stereocenters. The molecule has 9 nitrogen and oxygen atoms in total. The van der Waals surface area contributed by atoms with Crippen LogP contribution in [0.25, 0.3) is 0 Å². The van der Waals surface area contributed by atoms with E-state index in [0.29, 0.717) is 25.4 Å². The number of nitrogens with one attached hydrogen (secondary N) is 2. The monoisotopic (exact) mass is 447 g/mol. The van der Waals surface area contributed by atoms with Gasteiger partial charge < -0.3 is 14.8 Å². The molecule has 0 saturated heterocycles. The number of benzene rings is 2. The molecule has 0 radical (unpaired) electrons. The van der Waals surface area contributed by atoms with Crippen molar-refractivity contribution in [3.63, 3.8) is 0 Å². The Morgan fingerprint density at radius 1 is 1.06 bits per heavy atom. The maximum absolute atomic E-state index is 12.0. The third kappa shape index (κ3) is 4.17. The largest absolute Gasteiger partial charge is 0.486 e. The molecule has 2 aliphatic rings. The number of hydrogen-bond acceptors (Lipinski definition) is 7. The lowest BCUT2D eigenvalue weighted by Crippen LogP contribution is -2.32. The number of anilines is 1. The summed E-state index contributed by atoms with van der Waals surface area (Å²) in [5, 5.41) is 14.8. The molecule has 2 N–H and O–H groups in total. The first-order chi connectivity index (χ1) is 14.8. The van der Waals surface area contributed by atoms with Gasteiger partial charge in [0, 0.05) is 18.0 Å². The molecule has 0 aromatic heterocycles. The molecule has 1 fully saturated rings. The first kappa shape index (κ1) is 21.4. The topological polar surface area (TPSA) is 120 Å². The molecule has 2 aromatic carbocycles. The third-order valence-electron chi connectivity index (χ3n) is 6.08. The lowest BCUT2D eigenvalue weighted by atomic mass is 9.78. The highest BCUT2D eigenvalue weighted by Gasteiger charge is 2.37. The normalized spacial score (nSPS) is 17.3. The SMILES string of the molecule is CNS(=O)(=O)c1ccc(NCC2(c3ccc4c(c3)OCCO4)CCCC2)c([N+](=O)[O-])c1. The van der Waals surface area contributed by atoms with Crippen molar-refractivity contribution in [3.05, 3.63) is 52.1 Å². The molecular formula is C21H25N3O6S. The predicted octanol–water partition coefficient (Wildman–Crippen LogP) is 3.20. The van der Waals surface area contributed by atoms with E-state index in [1.807, 2.05) is 18.2 Å². The highest BCUT2D eigenvalue weighted by molar-refractivity contribution is 7.89. The maximum Gasteiger partial charge on any atom is 0.293 e. The molecule has 1 aliphatic heterocycles. The summed E-state index contributed by atoms with van der Waals surface area (Å²) >= 11 is 0. The molecule has 2 aromatic rings. The average molecular weight is 448 g/mol. The van der Waals surface area contributed by atoms with Gasteiger partial charge in [0.1, 0.15) is 18.9 Å². The van der Waals surface area contributed by atoms with Crippen LogP contribution in [-0.2, 0) is 15.4 Å². The quantitative estimate of drug-likeness (QED) is 0.494. The maximum atomic E-state index is 12.0. The van der Waals surface area contributed by atoms with Gasteiger partial charge in [-0.2, -0.15) is 0 Å². The van der Waals surface area contributed by atoms with Crippen molar-refractivity contribution >= 4 is 21.4 Å². The van der Waals surface area contributed by atoms with Gasteiger partial charge in [0.25, 0.3) is 5.69 Å². The Balaban J connectivity index is 1.62. The van der Waals surface area contributed by atoms with E-state index in [0.717, 1.165) is 48.8 Å². The van der Waals surface area contributed by atoms with Gasteiger partial charge >= 0.3 is 0 Å². The van der Waals surface area contributed by atoms with E-state index in [9.17, 15) is 18.5 Å². The summed E-state index contributed by atoms with van der Waals surface area (Å²) in [5.74, 6) is 1.45. The van der Waals surface area contributed by atoms with Crippen LogP contribution in [0.5, 0.6) is 11.5 Å². The van der Waals surface area contributed by atoms with Crippen molar-refractivity contribution < 1.29 is 22.8 Å². The van der Waals surface area contributed by atoms with Crippen molar-refractivity contribution in [1.82, 2.24) is 4.72 Å². The van der Waals surface area contributed by atoms with Crippen LogP contribution in [-0.4, -0.2) is 40.1 Å². The van der Waals surface area contributed by atoms with Gasteiger partial charge in [0.2, 0.25) is 10.0 Å². The smallest absolute Gasteiger partial charge is 0.293 e. The second-order valence-corrected chi connectivity index (χ2v) is 9.73. The van der Waals surface area contributed by atoms with Crippen molar-refractivity contribution in [2.75, 3.05) is 32.1 Å². The summed E-state index contributed by atoms with van der Waals surface area (Å²) in [5.41, 5.74) is 0.939. The highest BCUT2D eigenvalue weighted by atomic mass is 32.2. The molecule has 166 valence electrons. The van der Waals surface area contributed by atoms with E-state index >= 15 is 0 Å². The van der Waals surface area contributed by atoms with Crippen LogP contribution in [0.15, 0.2) is 41.3 Å². The lowest BCUT2D eigenvalue weighted by Gasteiger charge is -2.31. The van der Waals surface area contributed by atoms with E-state index in [-0.39, 0.29) is 16.0 Å². The fourth-order valence-electron chi connectivity index (χ4n) is 4.35. The van der Waals surface area contributed by atoms with Gasteiger partial charge in [0.05, 0.1) is 9.82 Å². The van der Waals surface area contributed by atoms with Gasteiger partial charge in [-0.3, -0.25) is 10.1 Å². The zero-order valence-corrected chi connectivity index (χ0v) is 18.0. The van der Waals surface area contributed by atoms with Crippen LogP contribution in [0, 0.1) is 10.1 Å². The van der Waals surface area contributed by atoms with Crippen LogP contribution in [0.2, 0.25) is 0 Å². The number of nitrogens with zero attached hydrogens (tertiary/aromatic N) is 1. The number of ether oxygens (including phenoxy) is 2. The molecule has 1 heterocycles. The average Bonchev–Trinajstić information content (AvgIpc) is 3.27. The van der Waals surface area contributed by atoms with E-state index in [4.69, 9.17) is 9.47 Å². The minimum atomic E-state index is -3.77. The summed E-state index contributed by atoms with van der Waals surface area (Å²) in [4.78, 5) is 10.9. The summed E-state index contributed by atoms with van der Waals surface area (Å²) in [7, 11) is -2.51. The first-order valence-electron chi connectivity index (χ1n) is 10.2. The van der Waals surface area contributed by atoms with Crippen LogP contribution >= 0.6 is 0 Å². The van der Waals surface area contributed by atoms with E-state index < -0.39 is 14.9 Å². The molecule has 0 unspecified atom stereocenters. The Kier molecular flexibility index (Phi) is 5.76. The lowest BCUT2D eigenvalue weighted by molar-refractivity contribution is -0.384.